The van der Waals surface area contributed by atoms with Crippen molar-refractivity contribution in [2.24, 2.45) is 0 Å². The van der Waals surface area contributed by atoms with Crippen molar-refractivity contribution in [3.63, 3.8) is 0 Å². The lowest BCUT2D eigenvalue weighted by Gasteiger charge is -2.13. The third-order valence-electron chi connectivity index (χ3n) is 3.57. The van der Waals surface area contributed by atoms with Gasteiger partial charge in [-0.3, -0.25) is 9.59 Å². The summed E-state index contributed by atoms with van der Waals surface area (Å²) in [4.78, 5) is 24.6. The number of amides is 2. The van der Waals surface area contributed by atoms with Crippen molar-refractivity contribution in [3.8, 4) is 5.75 Å². The van der Waals surface area contributed by atoms with Crippen LogP contribution in [0.2, 0.25) is 0 Å². The minimum Gasteiger partial charge on any atom is -0.495 e. The molecule has 0 aliphatic carbocycles. The number of anilines is 2. The van der Waals surface area contributed by atoms with E-state index in [1.54, 1.807) is 48.5 Å². The van der Waals surface area contributed by atoms with Gasteiger partial charge in [-0.2, -0.15) is 0 Å². The maximum Gasteiger partial charge on any atom is 0.291 e. The van der Waals surface area contributed by atoms with Crippen molar-refractivity contribution in [1.82, 2.24) is 0 Å². The first kappa shape index (κ1) is 17.8. The highest BCUT2D eigenvalue weighted by atomic mass is 79.9. The van der Waals surface area contributed by atoms with Gasteiger partial charge in [0.05, 0.1) is 24.6 Å². The molecule has 0 bridgehead atoms. The molecule has 3 rings (SSSR count). The average molecular weight is 415 g/mol. The van der Waals surface area contributed by atoms with Crippen molar-refractivity contribution in [2.75, 3.05) is 17.7 Å². The van der Waals surface area contributed by atoms with Gasteiger partial charge < -0.3 is 19.8 Å². The highest BCUT2D eigenvalue weighted by Crippen LogP contribution is 2.29. The van der Waals surface area contributed by atoms with Crippen molar-refractivity contribution in [3.05, 3.63) is 76.7 Å². The topological polar surface area (TPSA) is 80.6 Å². The number of hydrogen-bond acceptors (Lipinski definition) is 4. The number of halogens is 1. The average Bonchev–Trinajstić information content (AvgIpc) is 3.17. The Hall–Kier alpha value is -3.06. The minimum absolute atomic E-state index is 0.194. The molecular weight excluding hydrogens is 400 g/mol. The third-order valence-corrected chi connectivity index (χ3v) is 4.26. The third kappa shape index (κ3) is 3.94. The molecule has 0 saturated heterocycles. The van der Waals surface area contributed by atoms with E-state index in [4.69, 9.17) is 9.15 Å². The molecule has 1 aromatic heterocycles. The largest absolute Gasteiger partial charge is 0.495 e. The molecule has 1 heterocycles. The summed E-state index contributed by atoms with van der Waals surface area (Å²) in [6, 6.07) is 15.2. The van der Waals surface area contributed by atoms with Crippen LogP contribution in [0.4, 0.5) is 11.4 Å². The van der Waals surface area contributed by atoms with Crippen LogP contribution >= 0.6 is 15.9 Å². The first-order valence-electron chi connectivity index (χ1n) is 7.67. The fraction of sp³-hybridized carbons (Fsp3) is 0.0526. The Morgan fingerprint density at radius 3 is 2.50 bits per heavy atom. The molecule has 0 aliphatic heterocycles. The van der Waals surface area contributed by atoms with E-state index in [1.165, 1.54) is 13.4 Å². The fourth-order valence-corrected chi connectivity index (χ4v) is 2.78. The number of hydrogen-bond donors (Lipinski definition) is 2. The number of carbonyl (C=O) groups is 2. The molecule has 0 spiro atoms. The molecule has 0 saturated carbocycles. The highest BCUT2D eigenvalue weighted by molar-refractivity contribution is 9.10. The summed E-state index contributed by atoms with van der Waals surface area (Å²) in [5.41, 5.74) is 1.42. The monoisotopic (exact) mass is 414 g/mol. The van der Waals surface area contributed by atoms with Crippen LogP contribution in [0.3, 0.4) is 0 Å². The second-order valence-electron chi connectivity index (χ2n) is 5.28. The van der Waals surface area contributed by atoms with Crippen LogP contribution in [0.5, 0.6) is 5.75 Å². The first-order valence-corrected chi connectivity index (χ1v) is 8.46. The van der Waals surface area contributed by atoms with Crippen LogP contribution in [-0.2, 0) is 0 Å². The number of benzene rings is 2. The number of methoxy groups -OCH3 is 1. The minimum atomic E-state index is -0.386. The number of ether oxygens (including phenoxy) is 1. The van der Waals surface area contributed by atoms with Gasteiger partial charge in [-0.25, -0.2) is 0 Å². The van der Waals surface area contributed by atoms with Crippen molar-refractivity contribution in [2.45, 2.75) is 0 Å². The van der Waals surface area contributed by atoms with Gasteiger partial charge in [0.2, 0.25) is 0 Å². The van der Waals surface area contributed by atoms with Gasteiger partial charge in [-0.15, -0.1) is 0 Å². The molecular formula is C19H15BrN2O4. The molecule has 0 atom stereocenters. The lowest BCUT2D eigenvalue weighted by Crippen LogP contribution is -2.14. The van der Waals surface area contributed by atoms with Crippen LogP contribution in [0, 0.1) is 0 Å². The summed E-state index contributed by atoms with van der Waals surface area (Å²) in [5, 5.41) is 5.51. The zero-order valence-electron chi connectivity index (χ0n) is 13.8. The van der Waals surface area contributed by atoms with Gasteiger partial charge in [0.1, 0.15) is 5.75 Å². The maximum absolute atomic E-state index is 12.5. The summed E-state index contributed by atoms with van der Waals surface area (Å²) >= 11 is 3.36. The van der Waals surface area contributed by atoms with Crippen molar-refractivity contribution >= 4 is 39.1 Å². The van der Waals surface area contributed by atoms with E-state index in [1.807, 2.05) is 6.07 Å². The Morgan fingerprint density at radius 1 is 1.00 bits per heavy atom. The van der Waals surface area contributed by atoms with Crippen LogP contribution in [0.15, 0.2) is 69.8 Å². The molecule has 7 heteroatoms. The van der Waals surface area contributed by atoms with E-state index in [2.05, 4.69) is 26.6 Å². The van der Waals surface area contributed by atoms with Gasteiger partial charge in [0.25, 0.3) is 11.8 Å². The van der Waals surface area contributed by atoms with Crippen LogP contribution in [0.1, 0.15) is 20.9 Å². The molecule has 0 unspecified atom stereocenters. The maximum atomic E-state index is 12.5. The highest BCUT2D eigenvalue weighted by Gasteiger charge is 2.14. The fourth-order valence-electron chi connectivity index (χ4n) is 2.32. The quantitative estimate of drug-likeness (QED) is 0.641. The van der Waals surface area contributed by atoms with Crippen molar-refractivity contribution < 1.29 is 18.7 Å². The predicted molar refractivity (Wildman–Crippen MR) is 102 cm³/mol. The van der Waals surface area contributed by atoms with Gasteiger partial charge in [-0.05, 0) is 58.4 Å². The van der Waals surface area contributed by atoms with Crippen molar-refractivity contribution in [1.29, 1.82) is 0 Å². The van der Waals surface area contributed by atoms with Gasteiger partial charge in [0.15, 0.2) is 5.76 Å². The Balaban J connectivity index is 1.83. The van der Waals surface area contributed by atoms with Gasteiger partial charge >= 0.3 is 0 Å². The van der Waals surface area contributed by atoms with Gasteiger partial charge in [0, 0.05) is 10.2 Å². The molecule has 132 valence electrons. The lowest BCUT2D eigenvalue weighted by atomic mass is 10.2. The molecule has 6 nitrogen and oxygen atoms in total. The summed E-state index contributed by atoms with van der Waals surface area (Å²) in [6.45, 7) is 0. The number of furan rings is 1. The lowest BCUT2D eigenvalue weighted by molar-refractivity contribution is 0.0995. The standard InChI is InChI=1S/C19H15BrN2O4/c1-25-16-9-8-12(21-19(24)17-7-4-10-26-17)11-15(16)22-18(23)13-5-2-3-6-14(13)20/h2-11H,1H3,(H,21,24)(H,22,23). The molecule has 0 aliphatic rings. The molecule has 3 aromatic rings. The summed E-state index contributed by atoms with van der Waals surface area (Å²) in [5.74, 6) is -0.0189. The summed E-state index contributed by atoms with van der Waals surface area (Å²) < 4.78 is 11.0. The summed E-state index contributed by atoms with van der Waals surface area (Å²) in [7, 11) is 1.50. The predicted octanol–water partition coefficient (Wildman–Crippen LogP) is 4.56. The van der Waals surface area contributed by atoms with E-state index >= 15 is 0 Å². The molecule has 2 aromatic carbocycles. The Labute approximate surface area is 158 Å². The molecule has 0 fully saturated rings. The zero-order valence-corrected chi connectivity index (χ0v) is 15.4. The molecule has 26 heavy (non-hydrogen) atoms. The Bertz CT molecular complexity index is 938. The van der Waals surface area contributed by atoms with E-state index in [9.17, 15) is 9.59 Å². The molecule has 0 radical (unpaired) electrons. The van der Waals surface area contributed by atoms with Crippen LogP contribution < -0.4 is 15.4 Å². The van der Waals surface area contributed by atoms with Crippen LogP contribution in [0.25, 0.3) is 0 Å². The molecule has 2 N–H and O–H groups in total. The Kier molecular flexibility index (Phi) is 5.38. The van der Waals surface area contributed by atoms with Crippen LogP contribution in [-0.4, -0.2) is 18.9 Å². The zero-order chi connectivity index (χ0) is 18.5. The van der Waals surface area contributed by atoms with E-state index in [-0.39, 0.29) is 17.6 Å². The number of nitrogens with one attached hydrogen (secondary N) is 2. The van der Waals surface area contributed by atoms with E-state index < -0.39 is 0 Å². The Morgan fingerprint density at radius 2 is 1.81 bits per heavy atom. The first-order chi connectivity index (χ1) is 12.6. The smallest absolute Gasteiger partial charge is 0.291 e. The SMILES string of the molecule is COc1ccc(NC(=O)c2ccco2)cc1NC(=O)c1ccccc1Br. The summed E-state index contributed by atoms with van der Waals surface area (Å²) in [6.07, 6.45) is 1.42. The number of rotatable bonds is 5. The second kappa shape index (κ2) is 7.88. The normalized spacial score (nSPS) is 10.2. The van der Waals surface area contributed by atoms with E-state index in [0.717, 1.165) is 0 Å². The second-order valence-corrected chi connectivity index (χ2v) is 6.13. The number of carbonyl (C=O) groups excluding carboxylic acids is 2. The van der Waals surface area contributed by atoms with E-state index in [0.29, 0.717) is 27.2 Å². The molecule has 2 amide bonds. The van der Waals surface area contributed by atoms with Gasteiger partial charge in [-0.1, -0.05) is 12.1 Å².